The van der Waals surface area contributed by atoms with Crippen LogP contribution in [0.2, 0.25) is 0 Å². The van der Waals surface area contributed by atoms with Gasteiger partial charge in [-0.3, -0.25) is 0 Å². The Morgan fingerprint density at radius 1 is 1.28 bits per heavy atom. The lowest BCUT2D eigenvalue weighted by molar-refractivity contribution is 0.305. The third-order valence-electron chi connectivity index (χ3n) is 2.47. The maximum absolute atomic E-state index is 8.86. The van der Waals surface area contributed by atoms with E-state index in [2.05, 4.69) is 10.2 Å². The largest absolute Gasteiger partial charge is 0.475 e. The summed E-state index contributed by atoms with van der Waals surface area (Å²) in [6.45, 7) is 0.404. The first-order valence-corrected chi connectivity index (χ1v) is 5.49. The Morgan fingerprint density at radius 2 is 2.11 bits per heavy atom. The van der Waals surface area contributed by atoms with Crippen molar-refractivity contribution in [1.82, 2.24) is 10.2 Å². The van der Waals surface area contributed by atoms with E-state index in [4.69, 9.17) is 15.7 Å². The third-order valence-corrected chi connectivity index (χ3v) is 2.47. The molecule has 0 bridgehead atoms. The van der Waals surface area contributed by atoms with Gasteiger partial charge in [-0.05, 0) is 17.7 Å². The standard InChI is InChI=1S/C13H12N4O/c14-9-11-5-7-16-17-13(11)18-8-6-10-3-1-2-4-12(10)15/h1-5,7H,6,8,15H2. The van der Waals surface area contributed by atoms with Crippen LogP contribution in [0.25, 0.3) is 0 Å². The topological polar surface area (TPSA) is 84.8 Å². The van der Waals surface area contributed by atoms with E-state index in [1.165, 1.54) is 6.20 Å². The highest BCUT2D eigenvalue weighted by molar-refractivity contribution is 5.46. The number of nitrogens with two attached hydrogens (primary N) is 1. The first-order valence-electron chi connectivity index (χ1n) is 5.49. The van der Waals surface area contributed by atoms with E-state index in [0.29, 0.717) is 18.6 Å². The predicted octanol–water partition coefficient (Wildman–Crippen LogP) is 1.55. The molecule has 2 rings (SSSR count). The van der Waals surface area contributed by atoms with Crippen LogP contribution in [0.5, 0.6) is 5.88 Å². The summed E-state index contributed by atoms with van der Waals surface area (Å²) in [5, 5.41) is 16.3. The van der Waals surface area contributed by atoms with Gasteiger partial charge >= 0.3 is 0 Å². The number of hydrogen-bond donors (Lipinski definition) is 1. The van der Waals surface area contributed by atoms with Gasteiger partial charge in [0.1, 0.15) is 11.6 Å². The van der Waals surface area contributed by atoms with Gasteiger partial charge in [0.25, 0.3) is 5.88 Å². The summed E-state index contributed by atoms with van der Waals surface area (Å²) in [5.74, 6) is 0.259. The average Bonchev–Trinajstić information content (AvgIpc) is 2.41. The van der Waals surface area contributed by atoms with Crippen LogP contribution in [0, 0.1) is 11.3 Å². The van der Waals surface area contributed by atoms with E-state index in [1.807, 2.05) is 30.3 Å². The fourth-order valence-corrected chi connectivity index (χ4v) is 1.53. The Morgan fingerprint density at radius 3 is 2.89 bits per heavy atom. The molecule has 1 aromatic carbocycles. The van der Waals surface area contributed by atoms with Crippen molar-refractivity contribution in [3.63, 3.8) is 0 Å². The highest BCUT2D eigenvalue weighted by atomic mass is 16.5. The van der Waals surface area contributed by atoms with Gasteiger partial charge in [-0.2, -0.15) is 10.4 Å². The van der Waals surface area contributed by atoms with Crippen molar-refractivity contribution in [3.8, 4) is 11.9 Å². The van der Waals surface area contributed by atoms with Crippen LogP contribution in [-0.2, 0) is 6.42 Å². The van der Waals surface area contributed by atoms with Crippen LogP contribution in [0.15, 0.2) is 36.5 Å². The fourth-order valence-electron chi connectivity index (χ4n) is 1.53. The monoisotopic (exact) mass is 240 g/mol. The van der Waals surface area contributed by atoms with Crippen molar-refractivity contribution in [3.05, 3.63) is 47.7 Å². The van der Waals surface area contributed by atoms with Gasteiger partial charge in [0.15, 0.2) is 0 Å². The lowest BCUT2D eigenvalue weighted by Crippen LogP contribution is -2.06. The minimum Gasteiger partial charge on any atom is -0.475 e. The third kappa shape index (κ3) is 2.74. The summed E-state index contributed by atoms with van der Waals surface area (Å²) < 4.78 is 5.44. The molecule has 0 atom stereocenters. The van der Waals surface area contributed by atoms with E-state index in [9.17, 15) is 0 Å². The first-order chi connectivity index (χ1) is 8.81. The number of rotatable bonds is 4. The second-order valence-electron chi connectivity index (χ2n) is 3.66. The van der Waals surface area contributed by atoms with E-state index < -0.39 is 0 Å². The molecule has 18 heavy (non-hydrogen) atoms. The molecule has 0 aliphatic rings. The number of nitriles is 1. The number of para-hydroxylation sites is 1. The second kappa shape index (κ2) is 5.64. The maximum atomic E-state index is 8.86. The molecule has 1 heterocycles. The second-order valence-corrected chi connectivity index (χ2v) is 3.66. The molecule has 5 nitrogen and oxygen atoms in total. The number of benzene rings is 1. The zero-order valence-corrected chi connectivity index (χ0v) is 9.71. The Kier molecular flexibility index (Phi) is 3.72. The number of hydrogen-bond acceptors (Lipinski definition) is 5. The number of nitrogen functional groups attached to an aromatic ring is 1. The Labute approximate surface area is 105 Å². The highest BCUT2D eigenvalue weighted by Crippen LogP contribution is 2.14. The smallest absolute Gasteiger partial charge is 0.251 e. The molecule has 0 fully saturated rings. The minimum atomic E-state index is 0.259. The number of ether oxygens (including phenoxy) is 1. The van der Waals surface area contributed by atoms with E-state index in [0.717, 1.165) is 11.3 Å². The Balaban J connectivity index is 1.97. The number of anilines is 1. The van der Waals surface area contributed by atoms with E-state index in [-0.39, 0.29) is 5.88 Å². The summed E-state index contributed by atoms with van der Waals surface area (Å²) in [7, 11) is 0. The molecule has 2 aromatic rings. The average molecular weight is 240 g/mol. The molecule has 0 aliphatic heterocycles. The Bertz CT molecular complexity index is 577. The molecule has 0 aliphatic carbocycles. The predicted molar refractivity (Wildman–Crippen MR) is 66.8 cm³/mol. The first kappa shape index (κ1) is 11.9. The van der Waals surface area contributed by atoms with E-state index in [1.54, 1.807) is 6.07 Å². The summed E-state index contributed by atoms with van der Waals surface area (Å²) >= 11 is 0. The number of nitrogens with zero attached hydrogens (tertiary/aromatic N) is 3. The van der Waals surface area contributed by atoms with Crippen molar-refractivity contribution in [1.29, 1.82) is 5.26 Å². The Hall–Kier alpha value is -2.61. The molecule has 0 spiro atoms. The quantitative estimate of drug-likeness (QED) is 0.819. The van der Waals surface area contributed by atoms with Crippen molar-refractivity contribution in [2.45, 2.75) is 6.42 Å². The summed E-state index contributed by atoms with van der Waals surface area (Å²) in [4.78, 5) is 0. The fraction of sp³-hybridized carbons (Fsp3) is 0.154. The van der Waals surface area contributed by atoms with Crippen LogP contribution in [0.4, 0.5) is 5.69 Å². The van der Waals surface area contributed by atoms with Crippen LogP contribution >= 0.6 is 0 Å². The zero-order valence-electron chi connectivity index (χ0n) is 9.71. The lowest BCUT2D eigenvalue weighted by atomic mass is 10.1. The van der Waals surface area contributed by atoms with Gasteiger partial charge in [-0.1, -0.05) is 18.2 Å². The lowest BCUT2D eigenvalue weighted by Gasteiger charge is -2.07. The molecular weight excluding hydrogens is 228 g/mol. The molecular formula is C13H12N4O. The summed E-state index contributed by atoms with van der Waals surface area (Å²) in [6.07, 6.45) is 2.12. The van der Waals surface area contributed by atoms with Gasteiger partial charge in [-0.15, -0.1) is 5.10 Å². The minimum absolute atomic E-state index is 0.259. The van der Waals surface area contributed by atoms with Gasteiger partial charge in [0.05, 0.1) is 12.8 Å². The van der Waals surface area contributed by atoms with Crippen molar-refractivity contribution in [2.75, 3.05) is 12.3 Å². The molecule has 1 aromatic heterocycles. The van der Waals surface area contributed by atoms with Crippen LogP contribution in [-0.4, -0.2) is 16.8 Å². The maximum Gasteiger partial charge on any atom is 0.251 e. The van der Waals surface area contributed by atoms with Crippen LogP contribution < -0.4 is 10.5 Å². The molecule has 0 saturated heterocycles. The van der Waals surface area contributed by atoms with E-state index >= 15 is 0 Å². The number of aromatic nitrogens is 2. The molecule has 90 valence electrons. The van der Waals surface area contributed by atoms with Gasteiger partial charge in [0, 0.05) is 12.1 Å². The van der Waals surface area contributed by atoms with Gasteiger partial charge in [0.2, 0.25) is 0 Å². The van der Waals surface area contributed by atoms with Crippen LogP contribution in [0.1, 0.15) is 11.1 Å². The SMILES string of the molecule is N#Cc1ccnnc1OCCc1ccccc1N. The molecule has 0 radical (unpaired) electrons. The van der Waals surface area contributed by atoms with Crippen molar-refractivity contribution in [2.24, 2.45) is 0 Å². The highest BCUT2D eigenvalue weighted by Gasteiger charge is 2.05. The van der Waals surface area contributed by atoms with Gasteiger partial charge < -0.3 is 10.5 Å². The molecule has 0 unspecified atom stereocenters. The zero-order chi connectivity index (χ0) is 12.8. The van der Waals surface area contributed by atoms with Crippen LogP contribution in [0.3, 0.4) is 0 Å². The van der Waals surface area contributed by atoms with Crippen molar-refractivity contribution >= 4 is 5.69 Å². The van der Waals surface area contributed by atoms with Crippen molar-refractivity contribution < 1.29 is 4.74 Å². The molecule has 0 amide bonds. The summed E-state index contributed by atoms with van der Waals surface area (Å²) in [5.41, 5.74) is 7.95. The molecule has 2 N–H and O–H groups in total. The molecule has 0 saturated carbocycles. The molecule has 5 heteroatoms. The normalized spacial score (nSPS) is 9.72. The summed E-state index contributed by atoms with van der Waals surface area (Å²) in [6, 6.07) is 11.2. The van der Waals surface area contributed by atoms with Gasteiger partial charge in [-0.25, -0.2) is 0 Å².